The van der Waals surface area contributed by atoms with Crippen molar-refractivity contribution in [1.82, 2.24) is 4.90 Å². The second kappa shape index (κ2) is 11.6. The number of piperazine rings is 1. The van der Waals surface area contributed by atoms with Gasteiger partial charge in [0.25, 0.3) is 5.91 Å². The Morgan fingerprint density at radius 3 is 2.35 bits per heavy atom. The highest BCUT2D eigenvalue weighted by Gasteiger charge is 2.35. The van der Waals surface area contributed by atoms with Gasteiger partial charge in [0.2, 0.25) is 0 Å². The second-order valence-electron chi connectivity index (χ2n) is 9.48. The monoisotopic (exact) mass is 500 g/mol. The molecule has 0 aliphatic carbocycles. The van der Waals surface area contributed by atoms with Crippen LogP contribution in [-0.4, -0.2) is 56.0 Å². The van der Waals surface area contributed by atoms with E-state index in [1.54, 1.807) is 0 Å². The molecule has 1 saturated heterocycles. The third kappa shape index (κ3) is 5.83. The van der Waals surface area contributed by atoms with Crippen molar-refractivity contribution in [3.8, 4) is 5.75 Å². The normalized spacial score (nSPS) is 16.9. The molecule has 7 heteroatoms. The van der Waals surface area contributed by atoms with Gasteiger partial charge in [-0.25, -0.2) is 9.38 Å². The Morgan fingerprint density at radius 1 is 0.892 bits per heavy atom. The zero-order chi connectivity index (χ0) is 25.6. The number of hydrogen-bond acceptors (Lipinski definition) is 5. The first kappa shape index (κ1) is 25.0. The Hall–Kier alpha value is -3.71. The molecule has 2 heterocycles. The number of amides is 1. The fourth-order valence-corrected chi connectivity index (χ4v) is 4.80. The van der Waals surface area contributed by atoms with E-state index < -0.39 is 0 Å². The van der Waals surface area contributed by atoms with Crippen molar-refractivity contribution in [2.24, 2.45) is 4.99 Å². The van der Waals surface area contributed by atoms with Crippen LogP contribution < -0.4 is 14.5 Å². The third-order valence-corrected chi connectivity index (χ3v) is 6.90. The summed E-state index contributed by atoms with van der Waals surface area (Å²) in [5.41, 5.74) is 3.97. The maximum Gasteiger partial charge on any atom is 0.278 e. The van der Waals surface area contributed by atoms with Gasteiger partial charge in [0.1, 0.15) is 17.3 Å². The number of benzene rings is 3. The van der Waals surface area contributed by atoms with Crippen LogP contribution in [0.4, 0.5) is 21.5 Å². The van der Waals surface area contributed by atoms with Gasteiger partial charge in [0.15, 0.2) is 0 Å². The molecule has 2 aliphatic heterocycles. The average molecular weight is 501 g/mol. The summed E-state index contributed by atoms with van der Waals surface area (Å²) in [6.07, 6.45) is 3.37. The van der Waals surface area contributed by atoms with E-state index in [-0.39, 0.29) is 11.7 Å². The Morgan fingerprint density at radius 2 is 1.62 bits per heavy atom. The number of ether oxygens (including phenoxy) is 1. The summed E-state index contributed by atoms with van der Waals surface area (Å²) in [6, 6.07) is 22.1. The molecule has 2 aliphatic rings. The van der Waals surface area contributed by atoms with Crippen molar-refractivity contribution in [3.63, 3.8) is 0 Å². The summed E-state index contributed by atoms with van der Waals surface area (Å²) < 4.78 is 19.1. The predicted octanol–water partition coefficient (Wildman–Crippen LogP) is 5.64. The summed E-state index contributed by atoms with van der Waals surface area (Å²) in [4.78, 5) is 24.6. The standard InChI is InChI=1S/C30H33FN4O2/c1-2-3-6-21-37-26-15-11-24(12-16-26)32-29-27-7-4-5-8-28(27)35(30(29)36)22-33-17-19-34(20-18-33)25-13-9-23(31)10-14-25/h4-5,7-16H,2-3,6,17-22H2,1H3. The Bertz CT molecular complexity index is 1240. The molecule has 0 spiro atoms. The van der Waals surface area contributed by atoms with Crippen LogP contribution >= 0.6 is 0 Å². The van der Waals surface area contributed by atoms with Gasteiger partial charge in [-0.15, -0.1) is 0 Å². The minimum absolute atomic E-state index is 0.0814. The number of aliphatic imine (C=N–C) groups is 1. The molecule has 5 rings (SSSR count). The second-order valence-corrected chi connectivity index (χ2v) is 9.48. The topological polar surface area (TPSA) is 48.4 Å². The average Bonchev–Trinajstić information content (AvgIpc) is 3.19. The highest BCUT2D eigenvalue weighted by Crippen LogP contribution is 2.31. The first-order chi connectivity index (χ1) is 18.1. The highest BCUT2D eigenvalue weighted by atomic mass is 19.1. The van der Waals surface area contributed by atoms with Crippen LogP contribution in [0.3, 0.4) is 0 Å². The van der Waals surface area contributed by atoms with E-state index in [1.165, 1.54) is 18.6 Å². The summed E-state index contributed by atoms with van der Waals surface area (Å²) in [6.45, 7) is 6.67. The van der Waals surface area contributed by atoms with E-state index in [4.69, 9.17) is 9.73 Å². The first-order valence-corrected chi connectivity index (χ1v) is 13.1. The molecule has 1 fully saturated rings. The van der Waals surface area contributed by atoms with Gasteiger partial charge < -0.3 is 9.64 Å². The summed E-state index contributed by atoms with van der Waals surface area (Å²) in [5.74, 6) is 0.513. The van der Waals surface area contributed by atoms with Gasteiger partial charge in [-0.05, 0) is 61.0 Å². The number of carbonyl (C=O) groups excluding carboxylic acids is 1. The lowest BCUT2D eigenvalue weighted by Gasteiger charge is -2.37. The molecule has 0 N–H and O–H groups in total. The smallest absolute Gasteiger partial charge is 0.278 e. The molecule has 0 radical (unpaired) electrons. The Kier molecular flexibility index (Phi) is 7.80. The molecule has 192 valence electrons. The van der Waals surface area contributed by atoms with Crippen LogP contribution in [-0.2, 0) is 4.79 Å². The molecule has 37 heavy (non-hydrogen) atoms. The third-order valence-electron chi connectivity index (χ3n) is 6.90. The Balaban J connectivity index is 1.25. The molecule has 0 bridgehead atoms. The zero-order valence-electron chi connectivity index (χ0n) is 21.3. The molecule has 0 atom stereocenters. The minimum Gasteiger partial charge on any atom is -0.494 e. The van der Waals surface area contributed by atoms with E-state index in [0.717, 1.165) is 67.4 Å². The number of rotatable bonds is 9. The van der Waals surface area contributed by atoms with Crippen molar-refractivity contribution in [1.29, 1.82) is 0 Å². The minimum atomic E-state index is -0.224. The van der Waals surface area contributed by atoms with Gasteiger partial charge >= 0.3 is 0 Å². The lowest BCUT2D eigenvalue weighted by Crippen LogP contribution is -2.51. The molecular weight excluding hydrogens is 467 g/mol. The molecule has 0 unspecified atom stereocenters. The van der Waals surface area contributed by atoms with Crippen molar-refractivity contribution in [2.45, 2.75) is 26.2 Å². The molecule has 0 saturated carbocycles. The summed E-state index contributed by atoms with van der Waals surface area (Å²) in [7, 11) is 0. The van der Waals surface area contributed by atoms with E-state index in [0.29, 0.717) is 19.0 Å². The maximum absolute atomic E-state index is 13.5. The van der Waals surface area contributed by atoms with Crippen molar-refractivity contribution in [2.75, 3.05) is 49.3 Å². The number of para-hydroxylation sites is 1. The van der Waals surface area contributed by atoms with Crippen molar-refractivity contribution < 1.29 is 13.9 Å². The quantitative estimate of drug-likeness (QED) is 0.357. The van der Waals surface area contributed by atoms with Crippen LogP contribution in [0.1, 0.15) is 31.7 Å². The molecule has 1 amide bonds. The molecule has 3 aromatic carbocycles. The van der Waals surface area contributed by atoms with Gasteiger partial charge in [0.05, 0.1) is 24.7 Å². The van der Waals surface area contributed by atoms with E-state index >= 15 is 0 Å². The van der Waals surface area contributed by atoms with Crippen LogP contribution in [0.25, 0.3) is 0 Å². The molecule has 6 nitrogen and oxygen atoms in total. The fraction of sp³-hybridized carbons (Fsp3) is 0.333. The Labute approximate surface area is 218 Å². The lowest BCUT2D eigenvalue weighted by atomic mass is 10.1. The van der Waals surface area contributed by atoms with Crippen molar-refractivity contribution >= 4 is 28.7 Å². The van der Waals surface area contributed by atoms with E-state index in [9.17, 15) is 9.18 Å². The van der Waals surface area contributed by atoms with Crippen LogP contribution in [0.5, 0.6) is 5.75 Å². The van der Waals surface area contributed by atoms with Gasteiger partial charge in [-0.3, -0.25) is 14.6 Å². The summed E-state index contributed by atoms with van der Waals surface area (Å²) in [5, 5.41) is 0. The summed E-state index contributed by atoms with van der Waals surface area (Å²) >= 11 is 0. The number of hydrogen-bond donors (Lipinski definition) is 0. The number of nitrogens with zero attached hydrogens (tertiary/aromatic N) is 4. The highest BCUT2D eigenvalue weighted by molar-refractivity contribution is 6.54. The number of fused-ring (bicyclic) bond motifs is 1. The number of anilines is 2. The fourth-order valence-electron chi connectivity index (χ4n) is 4.80. The number of halogens is 1. The SMILES string of the molecule is CCCCCOc1ccc(N=C2C(=O)N(CN3CCN(c4ccc(F)cc4)CC3)c3ccccc32)cc1. The largest absolute Gasteiger partial charge is 0.494 e. The predicted molar refractivity (Wildman–Crippen MR) is 147 cm³/mol. The van der Waals surface area contributed by atoms with Gasteiger partial charge in [-0.2, -0.15) is 0 Å². The molecule has 0 aromatic heterocycles. The van der Waals surface area contributed by atoms with Crippen LogP contribution in [0.15, 0.2) is 77.8 Å². The van der Waals surface area contributed by atoms with Gasteiger partial charge in [0, 0.05) is 37.4 Å². The lowest BCUT2D eigenvalue weighted by molar-refractivity contribution is -0.112. The molecule has 3 aromatic rings. The first-order valence-electron chi connectivity index (χ1n) is 13.1. The van der Waals surface area contributed by atoms with Crippen LogP contribution in [0, 0.1) is 5.82 Å². The zero-order valence-corrected chi connectivity index (χ0v) is 21.3. The number of carbonyl (C=O) groups is 1. The van der Waals surface area contributed by atoms with Crippen molar-refractivity contribution in [3.05, 3.63) is 84.2 Å². The number of unbranched alkanes of at least 4 members (excludes halogenated alkanes) is 2. The van der Waals surface area contributed by atoms with Crippen LogP contribution in [0.2, 0.25) is 0 Å². The van der Waals surface area contributed by atoms with E-state index in [2.05, 4.69) is 16.7 Å². The molecular formula is C30H33FN4O2. The van der Waals surface area contributed by atoms with E-state index in [1.807, 2.05) is 65.6 Å². The maximum atomic E-state index is 13.5. The van der Waals surface area contributed by atoms with Gasteiger partial charge in [-0.1, -0.05) is 38.0 Å².